The molecule has 0 amide bonds. The minimum atomic E-state index is -0.345. The number of nitrogens with zero attached hydrogens (tertiary/aromatic N) is 1. The number of hydrogen-bond acceptors (Lipinski definition) is 3. The van der Waals surface area contributed by atoms with Crippen molar-refractivity contribution in [3.63, 3.8) is 0 Å². The Hall–Kier alpha value is -1.82. The van der Waals surface area contributed by atoms with Gasteiger partial charge in [0.05, 0.1) is 23.7 Å². The van der Waals surface area contributed by atoms with Gasteiger partial charge in [-0.2, -0.15) is 5.26 Å². The molecule has 0 saturated heterocycles. The summed E-state index contributed by atoms with van der Waals surface area (Å²) in [7, 11) is 0. The van der Waals surface area contributed by atoms with Crippen LogP contribution < -0.4 is 0 Å². The molecule has 1 fully saturated rings. The van der Waals surface area contributed by atoms with Crippen LogP contribution >= 0.6 is 0 Å². The molecule has 0 unspecified atom stereocenters. The second-order valence-corrected chi connectivity index (χ2v) is 4.00. The van der Waals surface area contributed by atoms with E-state index in [0.29, 0.717) is 12.2 Å². The van der Waals surface area contributed by atoms with Crippen LogP contribution in [0.1, 0.15) is 35.7 Å². The van der Waals surface area contributed by atoms with Crippen molar-refractivity contribution in [1.82, 2.24) is 0 Å². The molecular weight excluding hydrogens is 202 g/mol. The Morgan fingerprint density at radius 3 is 2.88 bits per heavy atom. The molecule has 0 bridgehead atoms. The SMILES string of the molecule is CCOC(=O)c1cccc(C2(C#N)CC2)c1. The maximum atomic E-state index is 11.5. The number of rotatable bonds is 3. The van der Waals surface area contributed by atoms with Gasteiger partial charge in [-0.05, 0) is 37.5 Å². The predicted molar refractivity (Wildman–Crippen MR) is 58.9 cm³/mol. The molecule has 3 heteroatoms. The summed E-state index contributed by atoms with van der Waals surface area (Å²) in [5, 5.41) is 9.08. The third-order valence-corrected chi connectivity index (χ3v) is 2.89. The molecule has 3 nitrogen and oxygen atoms in total. The topological polar surface area (TPSA) is 50.1 Å². The van der Waals surface area contributed by atoms with E-state index in [1.165, 1.54) is 0 Å². The maximum absolute atomic E-state index is 11.5. The van der Waals surface area contributed by atoms with Gasteiger partial charge in [0.2, 0.25) is 0 Å². The molecule has 1 aromatic carbocycles. The first kappa shape index (κ1) is 10.7. The summed E-state index contributed by atoms with van der Waals surface area (Å²) < 4.78 is 4.93. The highest BCUT2D eigenvalue weighted by atomic mass is 16.5. The van der Waals surface area contributed by atoms with Crippen molar-refractivity contribution in [3.05, 3.63) is 35.4 Å². The first-order valence-electron chi connectivity index (χ1n) is 5.41. The highest BCUT2D eigenvalue weighted by molar-refractivity contribution is 5.89. The van der Waals surface area contributed by atoms with E-state index in [1.54, 1.807) is 25.1 Å². The Labute approximate surface area is 94.6 Å². The van der Waals surface area contributed by atoms with Crippen LogP contribution in [0.4, 0.5) is 0 Å². The normalized spacial score (nSPS) is 16.2. The fourth-order valence-electron chi connectivity index (χ4n) is 1.75. The fourth-order valence-corrected chi connectivity index (χ4v) is 1.75. The Morgan fingerprint density at radius 1 is 1.56 bits per heavy atom. The number of hydrogen-bond donors (Lipinski definition) is 0. The van der Waals surface area contributed by atoms with Gasteiger partial charge < -0.3 is 4.74 Å². The average Bonchev–Trinajstić information content (AvgIpc) is 3.10. The van der Waals surface area contributed by atoms with Crippen LogP contribution in [0.25, 0.3) is 0 Å². The van der Waals surface area contributed by atoms with E-state index >= 15 is 0 Å². The minimum Gasteiger partial charge on any atom is -0.462 e. The molecule has 82 valence electrons. The van der Waals surface area contributed by atoms with Crippen molar-refractivity contribution in [1.29, 1.82) is 5.26 Å². The third-order valence-electron chi connectivity index (χ3n) is 2.89. The van der Waals surface area contributed by atoms with Crippen molar-refractivity contribution in [2.24, 2.45) is 0 Å². The minimum absolute atomic E-state index is 0.321. The van der Waals surface area contributed by atoms with Gasteiger partial charge in [0.25, 0.3) is 0 Å². The van der Waals surface area contributed by atoms with Crippen LogP contribution in [0.15, 0.2) is 24.3 Å². The van der Waals surface area contributed by atoms with Crippen molar-refractivity contribution < 1.29 is 9.53 Å². The molecule has 0 aliphatic heterocycles. The van der Waals surface area contributed by atoms with Crippen LogP contribution in [0.2, 0.25) is 0 Å². The molecule has 0 heterocycles. The smallest absolute Gasteiger partial charge is 0.338 e. The lowest BCUT2D eigenvalue weighted by molar-refractivity contribution is 0.0526. The van der Waals surface area contributed by atoms with Crippen LogP contribution in [0.5, 0.6) is 0 Å². The van der Waals surface area contributed by atoms with E-state index in [1.807, 2.05) is 6.07 Å². The molecule has 0 N–H and O–H groups in total. The number of ether oxygens (including phenoxy) is 1. The lowest BCUT2D eigenvalue weighted by Gasteiger charge is -2.08. The van der Waals surface area contributed by atoms with Crippen molar-refractivity contribution >= 4 is 5.97 Å². The summed E-state index contributed by atoms with van der Waals surface area (Å²) in [5.74, 6) is -0.321. The van der Waals surface area contributed by atoms with E-state index < -0.39 is 0 Å². The van der Waals surface area contributed by atoms with Crippen molar-refractivity contribution in [3.8, 4) is 6.07 Å². The monoisotopic (exact) mass is 215 g/mol. The summed E-state index contributed by atoms with van der Waals surface area (Å²) >= 11 is 0. The average molecular weight is 215 g/mol. The standard InChI is InChI=1S/C13H13NO2/c1-2-16-12(15)10-4-3-5-11(8-10)13(9-14)6-7-13/h3-5,8H,2,6-7H2,1H3. The summed E-state index contributed by atoms with van der Waals surface area (Å²) in [4.78, 5) is 11.5. The quantitative estimate of drug-likeness (QED) is 0.727. The van der Waals surface area contributed by atoms with Crippen LogP contribution in [0, 0.1) is 11.3 Å². The molecule has 1 aromatic rings. The zero-order valence-electron chi connectivity index (χ0n) is 9.19. The molecule has 0 aromatic heterocycles. The summed E-state index contributed by atoms with van der Waals surface area (Å²) in [6.07, 6.45) is 1.77. The molecule has 1 saturated carbocycles. The van der Waals surface area contributed by atoms with Gasteiger partial charge in [-0.25, -0.2) is 4.79 Å². The van der Waals surface area contributed by atoms with E-state index in [-0.39, 0.29) is 11.4 Å². The van der Waals surface area contributed by atoms with Gasteiger partial charge in [0, 0.05) is 0 Å². The highest BCUT2D eigenvalue weighted by Crippen LogP contribution is 2.47. The van der Waals surface area contributed by atoms with Crippen LogP contribution in [0.3, 0.4) is 0 Å². The number of carbonyl (C=O) groups is 1. The second-order valence-electron chi connectivity index (χ2n) is 4.00. The molecule has 16 heavy (non-hydrogen) atoms. The summed E-state index contributed by atoms with van der Waals surface area (Å²) in [6.45, 7) is 2.14. The van der Waals surface area contributed by atoms with Gasteiger partial charge in [-0.1, -0.05) is 12.1 Å². The number of benzene rings is 1. The van der Waals surface area contributed by atoms with E-state index in [4.69, 9.17) is 10.00 Å². The molecule has 1 aliphatic carbocycles. The Balaban J connectivity index is 2.28. The molecule has 1 aliphatic rings. The van der Waals surface area contributed by atoms with Crippen molar-refractivity contribution in [2.45, 2.75) is 25.2 Å². The lowest BCUT2D eigenvalue weighted by atomic mass is 9.96. The van der Waals surface area contributed by atoms with Crippen LogP contribution in [-0.4, -0.2) is 12.6 Å². The summed E-state index contributed by atoms with van der Waals surface area (Å²) in [5.41, 5.74) is 1.11. The molecule has 0 spiro atoms. The zero-order valence-corrected chi connectivity index (χ0v) is 9.19. The zero-order chi connectivity index (χ0) is 11.6. The largest absolute Gasteiger partial charge is 0.462 e. The van der Waals surface area contributed by atoms with E-state index in [9.17, 15) is 4.79 Å². The third kappa shape index (κ3) is 1.79. The van der Waals surface area contributed by atoms with Crippen molar-refractivity contribution in [2.75, 3.05) is 6.61 Å². The summed E-state index contributed by atoms with van der Waals surface area (Å²) in [6, 6.07) is 9.51. The number of carbonyl (C=O) groups excluding carboxylic acids is 1. The molecule has 0 atom stereocenters. The Morgan fingerprint density at radius 2 is 2.31 bits per heavy atom. The fraction of sp³-hybridized carbons (Fsp3) is 0.385. The lowest BCUT2D eigenvalue weighted by Crippen LogP contribution is -2.08. The second kappa shape index (κ2) is 3.97. The molecular formula is C13H13NO2. The van der Waals surface area contributed by atoms with Gasteiger partial charge in [0.1, 0.15) is 0 Å². The van der Waals surface area contributed by atoms with Gasteiger partial charge in [-0.3, -0.25) is 0 Å². The molecule has 2 rings (SSSR count). The molecule has 0 radical (unpaired) electrons. The number of esters is 1. The van der Waals surface area contributed by atoms with Gasteiger partial charge in [-0.15, -0.1) is 0 Å². The van der Waals surface area contributed by atoms with Crippen LogP contribution in [-0.2, 0) is 10.2 Å². The van der Waals surface area contributed by atoms with Gasteiger partial charge in [0.15, 0.2) is 0 Å². The predicted octanol–water partition coefficient (Wildman–Crippen LogP) is 2.42. The number of nitriles is 1. The van der Waals surface area contributed by atoms with Gasteiger partial charge >= 0.3 is 5.97 Å². The Bertz CT molecular complexity index is 455. The first-order valence-corrected chi connectivity index (χ1v) is 5.41. The van der Waals surface area contributed by atoms with E-state index in [2.05, 4.69) is 6.07 Å². The first-order chi connectivity index (χ1) is 7.72. The Kier molecular flexibility index (Phi) is 2.66. The highest BCUT2D eigenvalue weighted by Gasteiger charge is 2.45. The van der Waals surface area contributed by atoms with E-state index in [0.717, 1.165) is 18.4 Å². The maximum Gasteiger partial charge on any atom is 0.338 e.